The van der Waals surface area contributed by atoms with Gasteiger partial charge in [-0.15, -0.1) is 0 Å². The lowest BCUT2D eigenvalue weighted by atomic mass is 10.2. The Morgan fingerprint density at radius 2 is 2.22 bits per heavy atom. The lowest BCUT2D eigenvalue weighted by molar-refractivity contribution is -0.127. The van der Waals surface area contributed by atoms with E-state index >= 15 is 0 Å². The molecule has 0 aromatic carbocycles. The van der Waals surface area contributed by atoms with Gasteiger partial charge < -0.3 is 11.1 Å². The number of urea groups is 1. The van der Waals surface area contributed by atoms with Gasteiger partial charge in [-0.25, -0.2) is 4.79 Å². The van der Waals surface area contributed by atoms with E-state index in [2.05, 4.69) is 10.4 Å². The minimum Gasteiger partial charge on any atom is -0.396 e. The molecule has 18 heavy (non-hydrogen) atoms. The van der Waals surface area contributed by atoms with E-state index < -0.39 is 0 Å². The van der Waals surface area contributed by atoms with E-state index in [1.165, 1.54) is 11.1 Å². The van der Waals surface area contributed by atoms with Gasteiger partial charge in [0.05, 0.1) is 25.0 Å². The molecule has 0 spiro atoms. The summed E-state index contributed by atoms with van der Waals surface area (Å²) < 4.78 is 1.61. The highest BCUT2D eigenvalue weighted by Gasteiger charge is 2.36. The third kappa shape index (κ3) is 2.44. The number of amides is 3. The molecular weight excluding hydrogens is 234 g/mol. The first-order valence-electron chi connectivity index (χ1n) is 6.01. The van der Waals surface area contributed by atoms with Crippen molar-refractivity contribution in [2.24, 2.45) is 0 Å². The lowest BCUT2D eigenvalue weighted by Crippen LogP contribution is -2.34. The van der Waals surface area contributed by atoms with E-state index in [0.29, 0.717) is 25.2 Å². The predicted molar refractivity (Wildman–Crippen MR) is 65.6 cm³/mol. The van der Waals surface area contributed by atoms with Gasteiger partial charge >= 0.3 is 6.03 Å². The summed E-state index contributed by atoms with van der Waals surface area (Å²) >= 11 is 0. The molecule has 0 saturated carbocycles. The van der Waals surface area contributed by atoms with Crippen LogP contribution >= 0.6 is 0 Å². The van der Waals surface area contributed by atoms with Gasteiger partial charge in [-0.05, 0) is 6.42 Å². The van der Waals surface area contributed by atoms with Gasteiger partial charge in [-0.2, -0.15) is 5.10 Å². The zero-order valence-electron chi connectivity index (χ0n) is 10.3. The van der Waals surface area contributed by atoms with Crippen LogP contribution in [0.1, 0.15) is 19.8 Å². The Hall–Kier alpha value is -2.05. The molecule has 3 amide bonds. The molecule has 1 saturated heterocycles. The zero-order valence-corrected chi connectivity index (χ0v) is 10.3. The first kappa shape index (κ1) is 12.4. The fraction of sp³-hybridized carbons (Fsp3) is 0.545. The van der Waals surface area contributed by atoms with Crippen molar-refractivity contribution >= 4 is 17.6 Å². The fourth-order valence-electron chi connectivity index (χ4n) is 1.98. The molecular formula is C11H17N5O2. The maximum Gasteiger partial charge on any atom is 0.324 e. The fourth-order valence-corrected chi connectivity index (χ4v) is 1.98. The molecule has 2 heterocycles. The van der Waals surface area contributed by atoms with Crippen molar-refractivity contribution in [1.29, 1.82) is 0 Å². The Labute approximate surface area is 105 Å². The predicted octanol–water partition coefficient (Wildman–Crippen LogP) is 0.186. The summed E-state index contributed by atoms with van der Waals surface area (Å²) in [6.07, 6.45) is 4.74. The summed E-state index contributed by atoms with van der Waals surface area (Å²) in [5, 5.41) is 6.68. The van der Waals surface area contributed by atoms with Crippen molar-refractivity contribution in [2.45, 2.75) is 32.4 Å². The number of anilines is 1. The van der Waals surface area contributed by atoms with E-state index in [1.54, 1.807) is 10.9 Å². The van der Waals surface area contributed by atoms with Crippen molar-refractivity contribution in [3.63, 3.8) is 0 Å². The Balaban J connectivity index is 1.93. The zero-order chi connectivity index (χ0) is 13.1. The van der Waals surface area contributed by atoms with E-state index in [4.69, 9.17) is 5.73 Å². The monoisotopic (exact) mass is 251 g/mol. The number of carbonyl (C=O) groups is 2. The summed E-state index contributed by atoms with van der Waals surface area (Å²) in [7, 11) is 0. The normalized spacial score (nSPS) is 19.4. The van der Waals surface area contributed by atoms with Gasteiger partial charge in [-0.1, -0.05) is 13.3 Å². The summed E-state index contributed by atoms with van der Waals surface area (Å²) in [5.41, 5.74) is 6.10. The smallest absolute Gasteiger partial charge is 0.324 e. The minimum absolute atomic E-state index is 0.151. The molecule has 1 unspecified atom stereocenters. The summed E-state index contributed by atoms with van der Waals surface area (Å²) in [6, 6.07) is -0.691. The second-order valence-electron chi connectivity index (χ2n) is 4.32. The van der Waals surface area contributed by atoms with Crippen LogP contribution in [0.25, 0.3) is 0 Å². The van der Waals surface area contributed by atoms with Gasteiger partial charge in [0.1, 0.15) is 6.04 Å². The van der Waals surface area contributed by atoms with E-state index in [9.17, 15) is 9.59 Å². The van der Waals surface area contributed by atoms with Crippen molar-refractivity contribution in [3.8, 4) is 0 Å². The average molecular weight is 251 g/mol. The molecule has 7 heteroatoms. The number of imide groups is 1. The van der Waals surface area contributed by atoms with Crippen molar-refractivity contribution in [1.82, 2.24) is 20.0 Å². The van der Waals surface area contributed by atoms with Gasteiger partial charge in [0, 0.05) is 6.20 Å². The van der Waals surface area contributed by atoms with Crippen LogP contribution in [-0.4, -0.2) is 39.2 Å². The first-order valence-corrected chi connectivity index (χ1v) is 6.01. The van der Waals surface area contributed by atoms with E-state index in [1.807, 2.05) is 6.92 Å². The van der Waals surface area contributed by atoms with Crippen LogP contribution in [0.15, 0.2) is 12.4 Å². The molecule has 0 radical (unpaired) electrons. The van der Waals surface area contributed by atoms with Crippen LogP contribution in [0.3, 0.4) is 0 Å². The second-order valence-corrected chi connectivity index (χ2v) is 4.32. The highest BCUT2D eigenvalue weighted by Crippen LogP contribution is 2.11. The second kappa shape index (κ2) is 5.07. The summed E-state index contributed by atoms with van der Waals surface area (Å²) in [5.74, 6) is -0.151. The Morgan fingerprint density at radius 3 is 2.83 bits per heavy atom. The molecule has 1 aromatic heterocycles. The molecule has 1 aliphatic heterocycles. The number of carbonyl (C=O) groups excluding carboxylic acids is 2. The van der Waals surface area contributed by atoms with Gasteiger partial charge in [0.25, 0.3) is 5.91 Å². The average Bonchev–Trinajstić information content (AvgIpc) is 2.84. The maximum atomic E-state index is 11.9. The molecule has 1 aliphatic rings. The molecule has 0 aliphatic carbocycles. The quantitative estimate of drug-likeness (QED) is 0.730. The topological polar surface area (TPSA) is 93.2 Å². The van der Waals surface area contributed by atoms with Crippen molar-refractivity contribution < 1.29 is 9.59 Å². The third-order valence-corrected chi connectivity index (χ3v) is 2.89. The molecule has 7 nitrogen and oxygen atoms in total. The molecule has 0 bridgehead atoms. The molecule has 2 rings (SSSR count). The van der Waals surface area contributed by atoms with Gasteiger partial charge in [-0.3, -0.25) is 14.4 Å². The number of nitrogens with one attached hydrogen (secondary N) is 1. The van der Waals surface area contributed by atoms with Gasteiger partial charge in [0.2, 0.25) is 0 Å². The number of hydrogen-bond donors (Lipinski definition) is 2. The minimum atomic E-state index is -0.370. The molecule has 3 N–H and O–H groups in total. The Morgan fingerprint density at radius 1 is 1.44 bits per heavy atom. The van der Waals surface area contributed by atoms with E-state index in [0.717, 1.165) is 6.42 Å². The highest BCUT2D eigenvalue weighted by atomic mass is 16.2. The number of nitrogens with zero attached hydrogens (tertiary/aromatic N) is 3. The highest BCUT2D eigenvalue weighted by molar-refractivity contribution is 6.04. The molecule has 1 aromatic rings. The summed E-state index contributed by atoms with van der Waals surface area (Å²) in [4.78, 5) is 24.8. The first-order chi connectivity index (χ1) is 8.61. The van der Waals surface area contributed by atoms with E-state index in [-0.39, 0.29) is 18.0 Å². The maximum absolute atomic E-state index is 11.9. The van der Waals surface area contributed by atoms with Crippen molar-refractivity contribution in [2.75, 3.05) is 12.3 Å². The van der Waals surface area contributed by atoms with Crippen LogP contribution < -0.4 is 11.1 Å². The number of rotatable bonds is 5. The number of nitrogens with two attached hydrogens (primary N) is 1. The Kier molecular flexibility index (Phi) is 3.50. The number of hydrogen-bond acceptors (Lipinski definition) is 4. The SMILES string of the molecule is CCCC1NC(=O)N(CCn2cc(N)cn2)C1=O. The lowest BCUT2D eigenvalue weighted by Gasteiger charge is -2.12. The van der Waals surface area contributed by atoms with Crippen molar-refractivity contribution in [3.05, 3.63) is 12.4 Å². The number of aromatic nitrogens is 2. The van der Waals surface area contributed by atoms with Crippen LogP contribution in [0.2, 0.25) is 0 Å². The largest absolute Gasteiger partial charge is 0.396 e. The Bertz CT molecular complexity index is 456. The third-order valence-electron chi connectivity index (χ3n) is 2.89. The molecule has 1 atom stereocenters. The molecule has 1 fully saturated rings. The van der Waals surface area contributed by atoms with Crippen LogP contribution in [0, 0.1) is 0 Å². The van der Waals surface area contributed by atoms with Crippen LogP contribution in [0.4, 0.5) is 10.5 Å². The summed E-state index contributed by atoms with van der Waals surface area (Å²) in [6.45, 7) is 2.75. The van der Waals surface area contributed by atoms with Gasteiger partial charge in [0.15, 0.2) is 0 Å². The van der Waals surface area contributed by atoms with Crippen LogP contribution in [0.5, 0.6) is 0 Å². The standard InChI is InChI=1S/C11H17N5O2/c1-2-3-9-10(17)16(11(18)14-9)5-4-15-7-8(12)6-13-15/h6-7,9H,2-5,12H2,1H3,(H,14,18). The molecule has 98 valence electrons. The van der Waals surface area contributed by atoms with Crippen LogP contribution in [-0.2, 0) is 11.3 Å². The number of nitrogen functional groups attached to an aromatic ring is 1.